The Morgan fingerprint density at radius 3 is 2.21 bits per heavy atom. The minimum Gasteiger partial charge on any atom is -0.349 e. The van der Waals surface area contributed by atoms with Gasteiger partial charge in [0.15, 0.2) is 9.84 Å². The number of nitrogens with zero attached hydrogens (tertiary/aromatic N) is 1. The molecule has 3 aliphatic carbocycles. The maximum absolute atomic E-state index is 14.5. The highest BCUT2D eigenvalue weighted by Crippen LogP contribution is 2.44. The van der Waals surface area contributed by atoms with Gasteiger partial charge in [-0.05, 0) is 74.5 Å². The Hall–Kier alpha value is -2.70. The molecule has 2 saturated heterocycles. The zero-order chi connectivity index (χ0) is 34.9. The highest BCUT2D eigenvalue weighted by molar-refractivity contribution is 7.92. The number of hydrogen-bond acceptors (Lipinski definition) is 7. The third-order valence-corrected chi connectivity index (χ3v) is 14.0. The Labute approximate surface area is 286 Å². The van der Waals surface area contributed by atoms with Crippen LogP contribution in [-0.4, -0.2) is 90.6 Å². The number of urea groups is 1. The number of sulfone groups is 1. The molecular weight excluding hydrogens is 634 g/mol. The van der Waals surface area contributed by atoms with Crippen LogP contribution in [0.25, 0.3) is 0 Å². The molecule has 4 N–H and O–H groups in total. The summed E-state index contributed by atoms with van der Waals surface area (Å²) in [7, 11) is -3.34. The van der Waals surface area contributed by atoms with Gasteiger partial charge in [-0.2, -0.15) is 0 Å². The lowest BCUT2D eigenvalue weighted by atomic mass is 9.78. The molecule has 5 amide bonds. The lowest BCUT2D eigenvalue weighted by Gasteiger charge is -2.43. The summed E-state index contributed by atoms with van der Waals surface area (Å²) in [6.07, 6.45) is 10.5. The summed E-state index contributed by atoms with van der Waals surface area (Å²) in [5.41, 5.74) is -1.60. The van der Waals surface area contributed by atoms with E-state index in [-0.39, 0.29) is 29.4 Å². The maximum Gasteiger partial charge on any atom is 0.315 e. The highest BCUT2D eigenvalue weighted by atomic mass is 32.2. The number of rotatable bonds is 12. The first-order valence-corrected chi connectivity index (χ1v) is 20.1. The van der Waals surface area contributed by atoms with E-state index < -0.39 is 67.8 Å². The second kappa shape index (κ2) is 14.6. The summed E-state index contributed by atoms with van der Waals surface area (Å²) >= 11 is 0. The molecule has 0 aromatic rings. The van der Waals surface area contributed by atoms with Crippen LogP contribution < -0.4 is 21.3 Å². The molecule has 5 aliphatic rings. The Bertz CT molecular complexity index is 1350. The van der Waals surface area contributed by atoms with Crippen LogP contribution in [0, 0.1) is 23.2 Å². The number of ketones is 1. The lowest BCUT2D eigenvalue weighted by Crippen LogP contribution is -2.65. The number of carbonyl (C=O) groups is 5. The topological polar surface area (TPSA) is 171 Å². The molecule has 0 spiro atoms. The summed E-state index contributed by atoms with van der Waals surface area (Å²) in [5.74, 6) is -1.70. The van der Waals surface area contributed by atoms with Gasteiger partial charge in [0.2, 0.25) is 17.6 Å². The van der Waals surface area contributed by atoms with Crippen LogP contribution in [0.2, 0.25) is 0 Å². The lowest BCUT2D eigenvalue weighted by molar-refractivity contribution is -0.144. The zero-order valence-electron chi connectivity index (χ0n) is 29.3. The van der Waals surface area contributed by atoms with Gasteiger partial charge in [0, 0.05) is 13.1 Å². The molecule has 0 unspecified atom stereocenters. The predicted molar refractivity (Wildman–Crippen MR) is 181 cm³/mol. The predicted octanol–water partition coefficient (Wildman–Crippen LogP) is 2.99. The van der Waals surface area contributed by atoms with Crippen LogP contribution in [0.1, 0.15) is 118 Å². The van der Waals surface area contributed by atoms with Gasteiger partial charge in [-0.25, -0.2) is 13.2 Å². The van der Waals surface area contributed by atoms with Crippen molar-refractivity contribution in [3.05, 3.63) is 0 Å². The summed E-state index contributed by atoms with van der Waals surface area (Å²) in [6.45, 7) is 8.22. The van der Waals surface area contributed by atoms with Crippen molar-refractivity contribution in [2.75, 3.05) is 18.8 Å². The molecule has 0 aromatic carbocycles. The number of amides is 5. The van der Waals surface area contributed by atoms with Gasteiger partial charge in [-0.15, -0.1) is 0 Å². The van der Waals surface area contributed by atoms with Crippen molar-refractivity contribution in [3.63, 3.8) is 0 Å². The van der Waals surface area contributed by atoms with Crippen molar-refractivity contribution < 1.29 is 32.4 Å². The summed E-state index contributed by atoms with van der Waals surface area (Å²) in [4.78, 5) is 69.8. The average molecular weight is 692 g/mol. The van der Waals surface area contributed by atoms with Crippen molar-refractivity contribution in [3.8, 4) is 0 Å². The zero-order valence-corrected chi connectivity index (χ0v) is 30.1. The first-order valence-electron chi connectivity index (χ1n) is 18.4. The van der Waals surface area contributed by atoms with E-state index in [4.69, 9.17) is 0 Å². The summed E-state index contributed by atoms with van der Waals surface area (Å²) in [5, 5.41) is 10.9. The Balaban J connectivity index is 1.35. The van der Waals surface area contributed by atoms with Crippen molar-refractivity contribution in [2.45, 2.75) is 147 Å². The first-order chi connectivity index (χ1) is 22.7. The number of fused-ring (bicyclic) bond motifs is 1. The van der Waals surface area contributed by atoms with Gasteiger partial charge < -0.3 is 26.2 Å². The standard InChI is InChI=1S/C35H57N5O7S/c1-5-18-36-31(43)28(41)25(20-22-14-15-22)37-30(42)27-24-12-9-11-23(24)21-40(27)32(44)29(34(2,3)4)38-33(45)39-35(16-7-6-8-17-35)26-13-10-19-48(26,46)47/h22-27,29H,5-21H2,1-4H3,(H,36,43)(H,37,42)(H2,38,39,45)/t23-,24-,25-,26-,27-,29+/m0/s1. The second-order valence-corrected chi connectivity index (χ2v) is 18.6. The molecule has 0 bridgehead atoms. The first kappa shape index (κ1) is 36.6. The van der Waals surface area contributed by atoms with E-state index in [1.165, 1.54) is 0 Å². The van der Waals surface area contributed by atoms with Crippen molar-refractivity contribution in [1.29, 1.82) is 0 Å². The van der Waals surface area contributed by atoms with Crippen LogP contribution in [0.4, 0.5) is 4.79 Å². The van der Waals surface area contributed by atoms with Crippen LogP contribution >= 0.6 is 0 Å². The van der Waals surface area contributed by atoms with Gasteiger partial charge in [-0.1, -0.05) is 66.2 Å². The van der Waals surface area contributed by atoms with Crippen LogP contribution in [0.3, 0.4) is 0 Å². The fourth-order valence-electron chi connectivity index (χ4n) is 8.86. The van der Waals surface area contributed by atoms with E-state index in [2.05, 4.69) is 21.3 Å². The van der Waals surface area contributed by atoms with E-state index in [1.54, 1.807) is 4.90 Å². The SMILES string of the molecule is CCCNC(=O)C(=O)[C@H](CC1CC1)NC(=O)[C@@H]1[C@H]2CCC[C@H]2CN1C(=O)[C@@H](NC(=O)NC1([C@@H]2CCCS2(=O)=O)CCCCC1)C(C)(C)C. The third-order valence-electron chi connectivity index (χ3n) is 11.5. The van der Waals surface area contributed by atoms with Crippen LogP contribution in [0.5, 0.6) is 0 Å². The molecule has 13 heteroatoms. The third kappa shape index (κ3) is 8.02. The average Bonchev–Trinajstić information content (AvgIpc) is 3.41. The van der Waals surface area contributed by atoms with Crippen molar-refractivity contribution in [1.82, 2.24) is 26.2 Å². The smallest absolute Gasteiger partial charge is 0.315 e. The van der Waals surface area contributed by atoms with E-state index >= 15 is 0 Å². The number of likely N-dealkylation sites (tertiary alicyclic amines) is 1. The fraction of sp³-hybridized carbons (Fsp3) is 0.857. The second-order valence-electron chi connectivity index (χ2n) is 16.3. The molecule has 5 rings (SSSR count). The van der Waals surface area contributed by atoms with Crippen LogP contribution in [-0.2, 0) is 29.0 Å². The largest absolute Gasteiger partial charge is 0.349 e. The molecule has 270 valence electrons. The minimum atomic E-state index is -3.34. The molecule has 6 atom stereocenters. The van der Waals surface area contributed by atoms with Crippen LogP contribution in [0.15, 0.2) is 0 Å². The molecular formula is C35H57N5O7S. The van der Waals surface area contributed by atoms with E-state index in [0.717, 1.165) is 51.4 Å². The molecule has 48 heavy (non-hydrogen) atoms. The maximum atomic E-state index is 14.5. The van der Waals surface area contributed by atoms with E-state index in [1.807, 2.05) is 27.7 Å². The number of hydrogen-bond donors (Lipinski definition) is 4. The molecule has 2 aliphatic heterocycles. The molecule has 3 saturated carbocycles. The number of carbonyl (C=O) groups excluding carboxylic acids is 5. The monoisotopic (exact) mass is 691 g/mol. The van der Waals surface area contributed by atoms with Crippen molar-refractivity contribution in [2.24, 2.45) is 23.2 Å². The van der Waals surface area contributed by atoms with E-state index in [0.29, 0.717) is 51.6 Å². The van der Waals surface area contributed by atoms with Gasteiger partial charge in [0.05, 0.1) is 22.6 Å². The number of nitrogens with one attached hydrogen (secondary N) is 4. The molecule has 5 fully saturated rings. The number of Topliss-reactive ketones (excluding diaryl/α,β-unsaturated/α-hetero) is 1. The van der Waals surface area contributed by atoms with Gasteiger partial charge >= 0.3 is 6.03 Å². The van der Waals surface area contributed by atoms with Crippen molar-refractivity contribution >= 4 is 39.4 Å². The Kier molecular flexibility index (Phi) is 11.2. The molecule has 12 nitrogen and oxygen atoms in total. The Morgan fingerprint density at radius 2 is 1.60 bits per heavy atom. The molecule has 0 aromatic heterocycles. The quantitative estimate of drug-likeness (QED) is 0.228. The van der Waals surface area contributed by atoms with E-state index in [9.17, 15) is 32.4 Å². The minimum absolute atomic E-state index is 0.0768. The summed E-state index contributed by atoms with van der Waals surface area (Å²) < 4.78 is 26.1. The molecule has 0 radical (unpaired) electrons. The normalized spacial score (nSPS) is 29.0. The van der Waals surface area contributed by atoms with Gasteiger partial charge in [0.25, 0.3) is 5.91 Å². The molecule has 2 heterocycles. The van der Waals surface area contributed by atoms with Gasteiger partial charge in [-0.3, -0.25) is 19.2 Å². The highest BCUT2D eigenvalue weighted by Gasteiger charge is 2.53. The fourth-order valence-corrected chi connectivity index (χ4v) is 11.2. The Morgan fingerprint density at radius 1 is 0.896 bits per heavy atom. The summed E-state index contributed by atoms with van der Waals surface area (Å²) in [6, 6.07) is -3.33. The van der Waals surface area contributed by atoms with Gasteiger partial charge in [0.1, 0.15) is 12.1 Å².